The second-order valence-electron chi connectivity index (χ2n) is 3.88. The Labute approximate surface area is 102 Å². The van der Waals surface area contributed by atoms with Gasteiger partial charge in [0.25, 0.3) is 0 Å². The number of hydrogen-bond donors (Lipinski definition) is 2. The summed E-state index contributed by atoms with van der Waals surface area (Å²) in [6.45, 7) is 2.46. The van der Waals surface area contributed by atoms with Crippen molar-refractivity contribution in [3.63, 3.8) is 0 Å². The summed E-state index contributed by atoms with van der Waals surface area (Å²) in [5, 5.41) is 12.0. The zero-order chi connectivity index (χ0) is 12.5. The van der Waals surface area contributed by atoms with E-state index >= 15 is 0 Å². The highest BCUT2D eigenvalue weighted by Crippen LogP contribution is 1.99. The fourth-order valence-corrected chi connectivity index (χ4v) is 1.41. The number of amides is 1. The van der Waals surface area contributed by atoms with Crippen LogP contribution in [0.15, 0.2) is 30.3 Å². The Kier molecular flexibility index (Phi) is 6.10. The van der Waals surface area contributed by atoms with Crippen molar-refractivity contribution in [2.24, 2.45) is 0 Å². The van der Waals surface area contributed by atoms with Crippen LogP contribution in [0.5, 0.6) is 0 Å². The first kappa shape index (κ1) is 13.5. The van der Waals surface area contributed by atoms with E-state index in [0.29, 0.717) is 13.0 Å². The van der Waals surface area contributed by atoms with Crippen LogP contribution in [-0.4, -0.2) is 23.9 Å². The predicted octanol–water partition coefficient (Wildman–Crippen LogP) is 2.07. The lowest BCUT2D eigenvalue weighted by Crippen LogP contribution is -2.27. The van der Waals surface area contributed by atoms with E-state index in [4.69, 9.17) is 4.74 Å². The molecule has 1 amide bonds. The molecule has 0 aliphatic heterocycles. The van der Waals surface area contributed by atoms with Crippen LogP contribution in [-0.2, 0) is 11.3 Å². The van der Waals surface area contributed by atoms with Gasteiger partial charge in [-0.1, -0.05) is 43.7 Å². The molecule has 0 aromatic heterocycles. The van der Waals surface area contributed by atoms with Crippen molar-refractivity contribution >= 4 is 6.09 Å². The number of nitrogens with one attached hydrogen (secondary N) is 1. The third-order valence-electron chi connectivity index (χ3n) is 2.31. The quantitative estimate of drug-likeness (QED) is 0.796. The first-order valence-corrected chi connectivity index (χ1v) is 5.85. The second kappa shape index (κ2) is 7.68. The number of rotatable bonds is 6. The Morgan fingerprint density at radius 2 is 2.12 bits per heavy atom. The molecule has 0 saturated heterocycles. The van der Waals surface area contributed by atoms with Gasteiger partial charge >= 0.3 is 6.09 Å². The third kappa shape index (κ3) is 5.92. The minimum Gasteiger partial charge on any atom is -0.447 e. The zero-order valence-electron chi connectivity index (χ0n) is 10.1. The molecule has 1 unspecified atom stereocenters. The summed E-state index contributed by atoms with van der Waals surface area (Å²) < 4.78 is 4.88. The summed E-state index contributed by atoms with van der Waals surface area (Å²) in [7, 11) is 0. The Hall–Kier alpha value is -1.55. The molecular weight excluding hydrogens is 218 g/mol. The van der Waals surface area contributed by atoms with Gasteiger partial charge in [0.05, 0.1) is 6.10 Å². The van der Waals surface area contributed by atoms with Crippen LogP contribution in [0.1, 0.15) is 25.3 Å². The molecule has 0 fully saturated rings. The van der Waals surface area contributed by atoms with E-state index in [1.807, 2.05) is 37.3 Å². The van der Waals surface area contributed by atoms with Crippen molar-refractivity contribution in [1.29, 1.82) is 0 Å². The number of carbonyl (C=O) groups is 1. The van der Waals surface area contributed by atoms with E-state index < -0.39 is 12.2 Å². The van der Waals surface area contributed by atoms with Gasteiger partial charge in [-0.3, -0.25) is 0 Å². The maximum Gasteiger partial charge on any atom is 0.407 e. The molecule has 1 aromatic carbocycles. The fourth-order valence-electron chi connectivity index (χ4n) is 1.41. The van der Waals surface area contributed by atoms with Gasteiger partial charge in [-0.25, -0.2) is 4.79 Å². The summed E-state index contributed by atoms with van der Waals surface area (Å²) in [5.41, 5.74) is 1.01. The summed E-state index contributed by atoms with van der Waals surface area (Å²) in [6, 6.07) is 9.59. The standard InChI is InChI=1S/C13H19NO3/c1-2-6-12(15)10-17-13(16)14-9-11-7-4-3-5-8-11/h3-5,7-8,12,15H,2,6,9-10H2,1H3,(H,14,16). The monoisotopic (exact) mass is 237 g/mol. The Bertz CT molecular complexity index is 327. The predicted molar refractivity (Wildman–Crippen MR) is 65.5 cm³/mol. The topological polar surface area (TPSA) is 58.6 Å². The van der Waals surface area contributed by atoms with Gasteiger partial charge < -0.3 is 15.2 Å². The maximum absolute atomic E-state index is 11.3. The number of aliphatic hydroxyl groups excluding tert-OH is 1. The highest BCUT2D eigenvalue weighted by Gasteiger charge is 2.07. The molecule has 2 N–H and O–H groups in total. The van der Waals surface area contributed by atoms with E-state index in [-0.39, 0.29) is 6.61 Å². The first-order chi connectivity index (χ1) is 8.22. The van der Waals surface area contributed by atoms with Gasteiger partial charge in [0.2, 0.25) is 0 Å². The van der Waals surface area contributed by atoms with Crippen molar-refractivity contribution in [3.8, 4) is 0 Å². The van der Waals surface area contributed by atoms with E-state index in [1.54, 1.807) is 0 Å². The summed E-state index contributed by atoms with van der Waals surface area (Å²) in [6.07, 6.45) is 0.453. The molecule has 0 radical (unpaired) electrons. The van der Waals surface area contributed by atoms with Crippen LogP contribution < -0.4 is 5.32 Å². The number of aliphatic hydroxyl groups is 1. The number of ether oxygens (including phenoxy) is 1. The van der Waals surface area contributed by atoms with Crippen molar-refractivity contribution < 1.29 is 14.6 Å². The van der Waals surface area contributed by atoms with Gasteiger partial charge in [0, 0.05) is 6.54 Å². The number of alkyl carbamates (subject to hydrolysis) is 1. The number of benzene rings is 1. The molecule has 17 heavy (non-hydrogen) atoms. The number of hydrogen-bond acceptors (Lipinski definition) is 3. The van der Waals surface area contributed by atoms with Gasteiger partial charge in [0.15, 0.2) is 0 Å². The van der Waals surface area contributed by atoms with Crippen molar-refractivity contribution in [2.45, 2.75) is 32.4 Å². The highest BCUT2D eigenvalue weighted by molar-refractivity contribution is 5.67. The summed E-state index contributed by atoms with van der Waals surface area (Å²) in [4.78, 5) is 11.3. The zero-order valence-corrected chi connectivity index (χ0v) is 10.1. The molecule has 0 bridgehead atoms. The average molecular weight is 237 g/mol. The van der Waals surface area contributed by atoms with E-state index in [2.05, 4.69) is 5.32 Å². The summed E-state index contributed by atoms with van der Waals surface area (Å²) in [5.74, 6) is 0. The minimum atomic E-state index is -0.567. The van der Waals surface area contributed by atoms with E-state index in [9.17, 15) is 9.90 Å². The SMILES string of the molecule is CCCC(O)COC(=O)NCc1ccccc1. The van der Waals surface area contributed by atoms with Crippen LogP contribution in [0.25, 0.3) is 0 Å². The molecule has 4 heteroatoms. The fraction of sp³-hybridized carbons (Fsp3) is 0.462. The van der Waals surface area contributed by atoms with Crippen molar-refractivity contribution in [3.05, 3.63) is 35.9 Å². The van der Waals surface area contributed by atoms with Gasteiger partial charge in [-0.05, 0) is 12.0 Å². The van der Waals surface area contributed by atoms with Crippen LogP contribution in [0, 0.1) is 0 Å². The van der Waals surface area contributed by atoms with Gasteiger partial charge in [-0.2, -0.15) is 0 Å². The van der Waals surface area contributed by atoms with Gasteiger partial charge in [-0.15, -0.1) is 0 Å². The van der Waals surface area contributed by atoms with Crippen LogP contribution in [0.4, 0.5) is 4.79 Å². The molecule has 94 valence electrons. The van der Waals surface area contributed by atoms with E-state index in [1.165, 1.54) is 0 Å². The largest absolute Gasteiger partial charge is 0.447 e. The smallest absolute Gasteiger partial charge is 0.407 e. The maximum atomic E-state index is 11.3. The Morgan fingerprint density at radius 1 is 1.41 bits per heavy atom. The molecule has 0 heterocycles. The minimum absolute atomic E-state index is 0.0501. The molecule has 4 nitrogen and oxygen atoms in total. The van der Waals surface area contributed by atoms with Gasteiger partial charge in [0.1, 0.15) is 6.61 Å². The highest BCUT2D eigenvalue weighted by atomic mass is 16.6. The molecule has 0 spiro atoms. The molecule has 0 aliphatic rings. The Balaban J connectivity index is 2.17. The molecule has 0 saturated carbocycles. The normalized spacial score (nSPS) is 11.9. The van der Waals surface area contributed by atoms with E-state index in [0.717, 1.165) is 12.0 Å². The Morgan fingerprint density at radius 3 is 2.76 bits per heavy atom. The molecule has 1 atom stereocenters. The molecule has 0 aliphatic carbocycles. The molecule has 1 aromatic rings. The lowest BCUT2D eigenvalue weighted by atomic mass is 10.2. The van der Waals surface area contributed by atoms with Crippen LogP contribution in [0.3, 0.4) is 0 Å². The van der Waals surface area contributed by atoms with Crippen LogP contribution >= 0.6 is 0 Å². The third-order valence-corrected chi connectivity index (χ3v) is 2.31. The first-order valence-electron chi connectivity index (χ1n) is 5.85. The van der Waals surface area contributed by atoms with Crippen LogP contribution in [0.2, 0.25) is 0 Å². The molecule has 1 rings (SSSR count). The lowest BCUT2D eigenvalue weighted by molar-refractivity contribution is 0.0630. The number of carbonyl (C=O) groups excluding carboxylic acids is 1. The van der Waals surface area contributed by atoms with Crippen molar-refractivity contribution in [2.75, 3.05) is 6.61 Å². The second-order valence-corrected chi connectivity index (χ2v) is 3.88. The molecular formula is C13H19NO3. The summed E-state index contributed by atoms with van der Waals surface area (Å²) >= 11 is 0. The lowest BCUT2D eigenvalue weighted by Gasteiger charge is -2.10. The van der Waals surface area contributed by atoms with Crippen molar-refractivity contribution in [1.82, 2.24) is 5.32 Å². The average Bonchev–Trinajstić information content (AvgIpc) is 2.35.